The predicted octanol–water partition coefficient (Wildman–Crippen LogP) is 6.26. The summed E-state index contributed by atoms with van der Waals surface area (Å²) in [5.74, 6) is 0.802. The minimum Gasteiger partial charge on any atom is -0.0654 e. The molecule has 0 aromatic heterocycles. The van der Waals surface area contributed by atoms with Gasteiger partial charge in [-0.25, -0.2) is 0 Å². The average Bonchev–Trinajstić information content (AvgIpc) is 2.19. The van der Waals surface area contributed by atoms with Crippen LogP contribution in [0.25, 0.3) is 0 Å². The minimum atomic E-state index is 0.418. The van der Waals surface area contributed by atoms with E-state index in [0.29, 0.717) is 10.8 Å². The van der Waals surface area contributed by atoms with Gasteiger partial charge in [-0.3, -0.25) is 0 Å². The van der Waals surface area contributed by atoms with Crippen molar-refractivity contribution in [3.8, 4) is 0 Å². The molecule has 0 nitrogen and oxygen atoms in total. The third-order valence-corrected chi connectivity index (χ3v) is 4.30. The van der Waals surface area contributed by atoms with E-state index in [1.165, 1.54) is 38.5 Å². The Morgan fingerprint density at radius 2 is 1.53 bits per heavy atom. The van der Waals surface area contributed by atoms with Crippen LogP contribution in [0, 0.1) is 23.7 Å². The van der Waals surface area contributed by atoms with Crippen molar-refractivity contribution in [1.29, 1.82) is 0 Å². The van der Waals surface area contributed by atoms with E-state index in [1.54, 1.807) is 0 Å². The highest BCUT2D eigenvalue weighted by Gasteiger charge is 2.40. The van der Waals surface area contributed by atoms with Crippen LogP contribution >= 0.6 is 0 Å². The molecule has 0 aliphatic heterocycles. The van der Waals surface area contributed by atoms with Gasteiger partial charge in [-0.05, 0) is 36.0 Å². The van der Waals surface area contributed by atoms with Crippen molar-refractivity contribution < 1.29 is 0 Å². The van der Waals surface area contributed by atoms with Crippen molar-refractivity contribution in [2.45, 2.75) is 86.5 Å². The van der Waals surface area contributed by atoms with Crippen LogP contribution in [-0.4, -0.2) is 0 Å². The van der Waals surface area contributed by atoms with Gasteiger partial charge in [0.1, 0.15) is 0 Å². The highest BCUT2D eigenvalue weighted by Crippen LogP contribution is 2.51. The molecule has 0 amide bonds. The maximum Gasteiger partial charge on any atom is -0.0246 e. The molecule has 0 aromatic carbocycles. The van der Waals surface area contributed by atoms with E-state index in [-0.39, 0.29) is 0 Å². The molecule has 0 aliphatic rings. The minimum absolute atomic E-state index is 0.418. The Bertz CT molecular complexity index is 175. The Kier molecular flexibility index (Phi) is 7.44. The summed E-state index contributed by atoms with van der Waals surface area (Å²) in [5, 5.41) is 0. The van der Waals surface area contributed by atoms with Gasteiger partial charge in [0.15, 0.2) is 0 Å². The molecule has 0 saturated carbocycles. The molecule has 103 valence electrons. The summed E-state index contributed by atoms with van der Waals surface area (Å²) < 4.78 is 0. The summed E-state index contributed by atoms with van der Waals surface area (Å²) in [5.41, 5.74) is 0.941. The van der Waals surface area contributed by atoms with Gasteiger partial charge in [0.25, 0.3) is 0 Å². The SMILES string of the molecule is [CH2]CCCC(CCCC)(CC(C)C)C(C)(C)C. The van der Waals surface area contributed by atoms with E-state index >= 15 is 0 Å². The molecule has 17 heavy (non-hydrogen) atoms. The van der Waals surface area contributed by atoms with Crippen LogP contribution in [0.2, 0.25) is 0 Å². The second kappa shape index (κ2) is 7.44. The van der Waals surface area contributed by atoms with Gasteiger partial charge in [-0.1, -0.05) is 74.1 Å². The highest BCUT2D eigenvalue weighted by molar-refractivity contribution is 4.91. The maximum absolute atomic E-state index is 4.03. The van der Waals surface area contributed by atoms with E-state index < -0.39 is 0 Å². The Morgan fingerprint density at radius 1 is 1.00 bits per heavy atom. The van der Waals surface area contributed by atoms with Crippen LogP contribution in [0.3, 0.4) is 0 Å². The lowest BCUT2D eigenvalue weighted by molar-refractivity contribution is 0.0337. The molecule has 0 rings (SSSR count). The van der Waals surface area contributed by atoms with Crippen molar-refractivity contribution in [3.63, 3.8) is 0 Å². The molecule has 0 spiro atoms. The molecule has 0 heterocycles. The Hall–Kier alpha value is 0. The molecule has 1 radical (unpaired) electrons. The lowest BCUT2D eigenvalue weighted by Crippen LogP contribution is -2.37. The van der Waals surface area contributed by atoms with E-state index in [0.717, 1.165) is 12.3 Å². The highest BCUT2D eigenvalue weighted by atomic mass is 14.5. The molecule has 0 heteroatoms. The van der Waals surface area contributed by atoms with Crippen LogP contribution in [0.5, 0.6) is 0 Å². The first kappa shape index (κ1) is 17.0. The molecule has 0 fully saturated rings. The van der Waals surface area contributed by atoms with E-state index in [4.69, 9.17) is 0 Å². The summed E-state index contributed by atoms with van der Waals surface area (Å²) in [7, 11) is 0. The van der Waals surface area contributed by atoms with Crippen LogP contribution < -0.4 is 0 Å². The Balaban J connectivity index is 4.91. The van der Waals surface area contributed by atoms with Crippen molar-refractivity contribution in [1.82, 2.24) is 0 Å². The van der Waals surface area contributed by atoms with Crippen LogP contribution in [-0.2, 0) is 0 Å². The lowest BCUT2D eigenvalue weighted by atomic mass is 9.58. The second-order valence-electron chi connectivity index (χ2n) is 7.19. The largest absolute Gasteiger partial charge is 0.0654 e. The summed E-state index contributed by atoms with van der Waals surface area (Å²) >= 11 is 0. The molecular formula is C17H35. The van der Waals surface area contributed by atoms with Crippen molar-refractivity contribution in [2.75, 3.05) is 0 Å². The number of hydrogen-bond donors (Lipinski definition) is 0. The zero-order chi connectivity index (χ0) is 13.5. The summed E-state index contributed by atoms with van der Waals surface area (Å²) in [6, 6.07) is 0. The normalized spacial score (nSPS) is 13.4. The van der Waals surface area contributed by atoms with Gasteiger partial charge in [0.05, 0.1) is 0 Å². The fourth-order valence-electron chi connectivity index (χ4n) is 3.15. The molecule has 0 aromatic rings. The Morgan fingerprint density at radius 3 is 1.88 bits per heavy atom. The van der Waals surface area contributed by atoms with Crippen molar-refractivity contribution in [2.24, 2.45) is 16.7 Å². The van der Waals surface area contributed by atoms with Gasteiger partial charge in [-0.2, -0.15) is 0 Å². The molecule has 0 saturated heterocycles. The molecule has 0 N–H and O–H groups in total. The average molecular weight is 239 g/mol. The molecule has 1 unspecified atom stereocenters. The summed E-state index contributed by atoms with van der Waals surface area (Å²) in [4.78, 5) is 0. The smallest absolute Gasteiger partial charge is 0.0246 e. The fourth-order valence-corrected chi connectivity index (χ4v) is 3.15. The van der Waals surface area contributed by atoms with Crippen molar-refractivity contribution >= 4 is 0 Å². The van der Waals surface area contributed by atoms with E-state index in [1.807, 2.05) is 0 Å². The first-order valence-corrected chi connectivity index (χ1v) is 7.58. The van der Waals surface area contributed by atoms with Gasteiger partial charge in [0, 0.05) is 0 Å². The summed E-state index contributed by atoms with van der Waals surface area (Å²) in [6.07, 6.45) is 9.19. The van der Waals surface area contributed by atoms with Crippen LogP contribution in [0.1, 0.15) is 86.5 Å². The molecule has 0 bridgehead atoms. The van der Waals surface area contributed by atoms with Gasteiger partial charge >= 0.3 is 0 Å². The fraction of sp³-hybridized carbons (Fsp3) is 0.941. The molecule has 0 aliphatic carbocycles. The molecule has 1 atom stereocenters. The maximum atomic E-state index is 4.03. The van der Waals surface area contributed by atoms with E-state index in [2.05, 4.69) is 48.5 Å². The first-order chi connectivity index (χ1) is 7.79. The summed E-state index contributed by atoms with van der Waals surface area (Å²) in [6.45, 7) is 18.4. The Labute approximate surface area is 111 Å². The predicted molar refractivity (Wildman–Crippen MR) is 80.1 cm³/mol. The number of unbranched alkanes of at least 4 members (excludes halogenated alkanes) is 2. The number of hydrogen-bond acceptors (Lipinski definition) is 0. The quantitative estimate of drug-likeness (QED) is 0.469. The van der Waals surface area contributed by atoms with Crippen LogP contribution in [0.4, 0.5) is 0 Å². The van der Waals surface area contributed by atoms with Gasteiger partial charge < -0.3 is 0 Å². The lowest BCUT2D eigenvalue weighted by Gasteiger charge is -2.47. The van der Waals surface area contributed by atoms with Crippen molar-refractivity contribution in [3.05, 3.63) is 6.92 Å². The standard InChI is InChI=1S/C17H35/c1-8-10-12-17(13-11-9-2,14-15(3)4)16(5,6)7/h15H,1,8-14H2,2-7H3. The van der Waals surface area contributed by atoms with Gasteiger partial charge in [-0.15, -0.1) is 0 Å². The van der Waals surface area contributed by atoms with E-state index in [9.17, 15) is 0 Å². The number of rotatable bonds is 8. The van der Waals surface area contributed by atoms with Crippen LogP contribution in [0.15, 0.2) is 0 Å². The zero-order valence-corrected chi connectivity index (χ0v) is 13.2. The first-order valence-electron chi connectivity index (χ1n) is 7.58. The topological polar surface area (TPSA) is 0 Å². The zero-order valence-electron chi connectivity index (χ0n) is 13.2. The second-order valence-corrected chi connectivity index (χ2v) is 7.19. The third-order valence-electron chi connectivity index (χ3n) is 4.30. The molecular weight excluding hydrogens is 204 g/mol. The third kappa shape index (κ3) is 5.44. The van der Waals surface area contributed by atoms with Gasteiger partial charge in [0.2, 0.25) is 0 Å². The monoisotopic (exact) mass is 239 g/mol.